The summed E-state index contributed by atoms with van der Waals surface area (Å²) in [6.07, 6.45) is 6.46. The zero-order valence-electron chi connectivity index (χ0n) is 12.3. The molecule has 1 saturated carbocycles. The number of halogens is 2. The van der Waals surface area contributed by atoms with Crippen molar-refractivity contribution < 1.29 is 4.79 Å². The fraction of sp³-hybridized carbons (Fsp3) is 0.929. The van der Waals surface area contributed by atoms with Crippen LogP contribution in [0.4, 0.5) is 0 Å². The molecule has 120 valence electrons. The Bertz CT molecular complexity index is 284. The molecular formula is C14H29Cl2N3O. The molecule has 3 N–H and O–H groups in total. The van der Waals surface area contributed by atoms with Crippen LogP contribution in [0.15, 0.2) is 0 Å². The zero-order chi connectivity index (χ0) is 13.0. The Hall–Kier alpha value is -0.0300. The molecule has 2 rings (SSSR count). The lowest BCUT2D eigenvalue weighted by Gasteiger charge is -2.29. The summed E-state index contributed by atoms with van der Waals surface area (Å²) in [5, 5.41) is 3.10. The summed E-state index contributed by atoms with van der Waals surface area (Å²) in [4.78, 5) is 14.2. The molecule has 0 aromatic rings. The molecule has 2 atom stereocenters. The van der Waals surface area contributed by atoms with Crippen LogP contribution in [0.5, 0.6) is 0 Å². The first kappa shape index (κ1) is 20.0. The SMILES string of the molecule is CN1CCC(CNC(=O)C[C@@H]2CCC[C@H]2N)CC1.Cl.Cl. The van der Waals surface area contributed by atoms with Crippen LogP contribution in [0.2, 0.25) is 0 Å². The fourth-order valence-corrected chi connectivity index (χ4v) is 3.15. The standard InChI is InChI=1S/C14H27N3O.2ClH/c1-17-7-5-11(6-8-17)10-16-14(18)9-12-3-2-4-13(12)15;;/h11-13H,2-10,15H2,1H3,(H,16,18);2*1H/t12-,13+;;/m0../s1. The largest absolute Gasteiger partial charge is 0.356 e. The third-order valence-corrected chi connectivity index (χ3v) is 4.59. The van der Waals surface area contributed by atoms with Crippen molar-refractivity contribution in [1.82, 2.24) is 10.2 Å². The molecule has 0 spiro atoms. The van der Waals surface area contributed by atoms with E-state index in [4.69, 9.17) is 5.73 Å². The maximum Gasteiger partial charge on any atom is 0.220 e. The molecule has 0 aromatic carbocycles. The quantitative estimate of drug-likeness (QED) is 0.828. The number of nitrogens with zero attached hydrogens (tertiary/aromatic N) is 1. The van der Waals surface area contributed by atoms with Gasteiger partial charge in [-0.3, -0.25) is 4.79 Å². The topological polar surface area (TPSA) is 58.4 Å². The van der Waals surface area contributed by atoms with E-state index in [1.807, 2.05) is 0 Å². The van der Waals surface area contributed by atoms with Crippen LogP contribution >= 0.6 is 24.8 Å². The lowest BCUT2D eigenvalue weighted by molar-refractivity contribution is -0.122. The number of hydrogen-bond acceptors (Lipinski definition) is 3. The van der Waals surface area contributed by atoms with Crippen LogP contribution in [0, 0.1) is 11.8 Å². The van der Waals surface area contributed by atoms with E-state index in [1.54, 1.807) is 0 Å². The van der Waals surface area contributed by atoms with Crippen molar-refractivity contribution in [3.63, 3.8) is 0 Å². The van der Waals surface area contributed by atoms with E-state index in [2.05, 4.69) is 17.3 Å². The first-order valence-corrected chi connectivity index (χ1v) is 7.36. The summed E-state index contributed by atoms with van der Waals surface area (Å²) in [6, 6.07) is 0.249. The molecule has 1 heterocycles. The van der Waals surface area contributed by atoms with Gasteiger partial charge in [0.15, 0.2) is 0 Å². The number of amides is 1. The highest BCUT2D eigenvalue weighted by molar-refractivity contribution is 5.85. The third-order valence-electron chi connectivity index (χ3n) is 4.59. The van der Waals surface area contributed by atoms with Crippen LogP contribution in [-0.4, -0.2) is 43.5 Å². The van der Waals surface area contributed by atoms with Crippen molar-refractivity contribution in [2.24, 2.45) is 17.6 Å². The number of carbonyl (C=O) groups is 1. The molecule has 2 fully saturated rings. The lowest BCUT2D eigenvalue weighted by Crippen LogP contribution is -2.38. The van der Waals surface area contributed by atoms with Crippen LogP contribution in [-0.2, 0) is 4.79 Å². The summed E-state index contributed by atoms with van der Waals surface area (Å²) in [6.45, 7) is 3.18. The Balaban J connectivity index is 0.00000180. The molecule has 0 bridgehead atoms. The van der Waals surface area contributed by atoms with Crippen molar-refractivity contribution in [2.75, 3.05) is 26.7 Å². The Kier molecular flexibility index (Phi) is 9.81. The monoisotopic (exact) mass is 325 g/mol. The van der Waals surface area contributed by atoms with E-state index in [9.17, 15) is 4.79 Å². The lowest BCUT2D eigenvalue weighted by atomic mass is 9.96. The molecule has 1 aliphatic heterocycles. The van der Waals surface area contributed by atoms with Crippen molar-refractivity contribution in [1.29, 1.82) is 0 Å². The van der Waals surface area contributed by atoms with Gasteiger partial charge in [-0.1, -0.05) is 6.42 Å². The normalized spacial score (nSPS) is 27.5. The highest BCUT2D eigenvalue weighted by Crippen LogP contribution is 2.26. The van der Waals surface area contributed by atoms with Gasteiger partial charge in [0.05, 0.1) is 0 Å². The first-order valence-electron chi connectivity index (χ1n) is 7.36. The van der Waals surface area contributed by atoms with Crippen molar-refractivity contribution in [3.05, 3.63) is 0 Å². The minimum Gasteiger partial charge on any atom is -0.356 e. The molecule has 0 aromatic heterocycles. The molecule has 1 saturated heterocycles. The fourth-order valence-electron chi connectivity index (χ4n) is 3.15. The predicted molar refractivity (Wildman–Crippen MR) is 87.7 cm³/mol. The molecular weight excluding hydrogens is 297 g/mol. The Morgan fingerprint density at radius 2 is 1.85 bits per heavy atom. The number of rotatable bonds is 4. The number of likely N-dealkylation sites (tertiary alicyclic amines) is 1. The minimum atomic E-state index is 0. The van der Waals surface area contributed by atoms with Crippen molar-refractivity contribution >= 4 is 30.7 Å². The molecule has 1 aliphatic carbocycles. The minimum absolute atomic E-state index is 0. The molecule has 0 radical (unpaired) electrons. The van der Waals surface area contributed by atoms with Crippen LogP contribution in [0.3, 0.4) is 0 Å². The van der Waals surface area contributed by atoms with E-state index < -0.39 is 0 Å². The van der Waals surface area contributed by atoms with Gasteiger partial charge >= 0.3 is 0 Å². The Morgan fingerprint density at radius 1 is 1.20 bits per heavy atom. The highest BCUT2D eigenvalue weighted by Gasteiger charge is 2.26. The highest BCUT2D eigenvalue weighted by atomic mass is 35.5. The van der Waals surface area contributed by atoms with Gasteiger partial charge < -0.3 is 16.0 Å². The Morgan fingerprint density at radius 3 is 2.40 bits per heavy atom. The summed E-state index contributed by atoms with van der Waals surface area (Å²) >= 11 is 0. The van der Waals surface area contributed by atoms with Crippen LogP contribution in [0.25, 0.3) is 0 Å². The van der Waals surface area contributed by atoms with E-state index in [1.165, 1.54) is 19.3 Å². The van der Waals surface area contributed by atoms with Gasteiger partial charge in [0.2, 0.25) is 5.91 Å². The number of hydrogen-bond donors (Lipinski definition) is 2. The van der Waals surface area contributed by atoms with Crippen LogP contribution < -0.4 is 11.1 Å². The predicted octanol–water partition coefficient (Wildman–Crippen LogP) is 1.81. The van der Waals surface area contributed by atoms with Gasteiger partial charge in [0.1, 0.15) is 0 Å². The second-order valence-corrected chi connectivity index (χ2v) is 6.11. The van der Waals surface area contributed by atoms with Gasteiger partial charge in [0.25, 0.3) is 0 Å². The molecule has 1 amide bonds. The van der Waals surface area contributed by atoms with Crippen molar-refractivity contribution in [2.45, 2.75) is 44.6 Å². The molecule has 0 unspecified atom stereocenters. The van der Waals surface area contributed by atoms with Crippen molar-refractivity contribution in [3.8, 4) is 0 Å². The maximum atomic E-state index is 11.9. The summed E-state index contributed by atoms with van der Waals surface area (Å²) in [7, 11) is 2.16. The zero-order valence-corrected chi connectivity index (χ0v) is 14.0. The number of piperidine rings is 1. The van der Waals surface area contributed by atoms with Gasteiger partial charge in [-0.15, -0.1) is 24.8 Å². The van der Waals surface area contributed by atoms with E-state index in [-0.39, 0.29) is 36.8 Å². The average Bonchev–Trinajstić information content (AvgIpc) is 2.74. The van der Waals surface area contributed by atoms with Gasteiger partial charge in [-0.25, -0.2) is 0 Å². The van der Waals surface area contributed by atoms with Gasteiger partial charge in [0, 0.05) is 19.0 Å². The number of nitrogens with one attached hydrogen (secondary N) is 1. The smallest absolute Gasteiger partial charge is 0.220 e. The van der Waals surface area contributed by atoms with Crippen LogP contribution in [0.1, 0.15) is 38.5 Å². The maximum absolute atomic E-state index is 11.9. The average molecular weight is 326 g/mol. The summed E-state index contributed by atoms with van der Waals surface area (Å²) in [5.74, 6) is 1.29. The van der Waals surface area contributed by atoms with Gasteiger partial charge in [-0.05, 0) is 57.7 Å². The molecule has 20 heavy (non-hydrogen) atoms. The van der Waals surface area contributed by atoms with E-state index >= 15 is 0 Å². The Labute approximate surface area is 135 Å². The molecule has 4 nitrogen and oxygen atoms in total. The summed E-state index contributed by atoms with van der Waals surface area (Å²) in [5.41, 5.74) is 6.00. The number of carbonyl (C=O) groups excluding carboxylic acids is 1. The molecule has 2 aliphatic rings. The second kappa shape index (κ2) is 9.82. The van der Waals surface area contributed by atoms with E-state index in [0.717, 1.165) is 32.5 Å². The summed E-state index contributed by atoms with van der Waals surface area (Å²) < 4.78 is 0. The number of nitrogens with two attached hydrogens (primary N) is 1. The third kappa shape index (κ3) is 6.17. The van der Waals surface area contributed by atoms with Gasteiger partial charge in [-0.2, -0.15) is 0 Å². The van der Waals surface area contributed by atoms with E-state index in [0.29, 0.717) is 18.3 Å². The second-order valence-electron chi connectivity index (χ2n) is 6.11. The first-order chi connectivity index (χ1) is 8.65. The molecule has 6 heteroatoms.